The molecule has 2 heterocycles. The van der Waals surface area contributed by atoms with Gasteiger partial charge in [-0.2, -0.15) is 0 Å². The van der Waals surface area contributed by atoms with Crippen molar-refractivity contribution in [1.29, 1.82) is 0 Å². The number of sulfonamides is 1. The highest BCUT2D eigenvalue weighted by Gasteiger charge is 2.15. The fourth-order valence-electron chi connectivity index (χ4n) is 1.99. The number of hydrogen-bond acceptors (Lipinski definition) is 4. The van der Waals surface area contributed by atoms with Crippen molar-refractivity contribution in [2.75, 3.05) is 4.72 Å². The maximum absolute atomic E-state index is 12.4. The average molecular weight is 302 g/mol. The molecule has 1 N–H and O–H groups in total. The zero-order valence-corrected chi connectivity index (χ0v) is 12.2. The molecule has 2 aromatic heterocycles. The summed E-state index contributed by atoms with van der Waals surface area (Å²) in [6, 6.07) is 10.4. The summed E-state index contributed by atoms with van der Waals surface area (Å²) in [6.45, 7) is 2.05. The van der Waals surface area contributed by atoms with Crippen molar-refractivity contribution in [2.45, 2.75) is 18.2 Å². The Kier molecular flexibility index (Phi) is 3.34. The topological polar surface area (TPSA) is 76.4 Å². The van der Waals surface area contributed by atoms with E-state index in [1.807, 2.05) is 19.1 Å². The van der Waals surface area contributed by atoms with Crippen LogP contribution < -0.4 is 4.72 Å². The number of rotatable bonds is 4. The molecule has 0 unspecified atom stereocenters. The second-order valence-electron chi connectivity index (χ2n) is 4.62. The van der Waals surface area contributed by atoms with E-state index in [2.05, 4.69) is 14.9 Å². The summed E-state index contributed by atoms with van der Waals surface area (Å²) in [7, 11) is -3.63. The normalized spacial score (nSPS) is 11.7. The van der Waals surface area contributed by atoms with Crippen LogP contribution in [0.5, 0.6) is 0 Å². The van der Waals surface area contributed by atoms with Crippen molar-refractivity contribution < 1.29 is 8.42 Å². The largest absolute Gasteiger partial charge is 0.288 e. The molecule has 0 saturated carbocycles. The molecule has 0 aliphatic heterocycles. The van der Waals surface area contributed by atoms with Gasteiger partial charge < -0.3 is 0 Å². The molecule has 3 aromatic rings. The average Bonchev–Trinajstić information content (AvgIpc) is 2.95. The third-order valence-electron chi connectivity index (χ3n) is 3.19. The standard InChI is InChI=1S/C14H14N4O2S/c1-2-11-3-5-12(6-4-11)17-21(19,20)13-7-8-14-16-15-10-18(14)9-13/h3-10,17H,2H2,1H3. The second kappa shape index (κ2) is 5.17. The highest BCUT2D eigenvalue weighted by molar-refractivity contribution is 7.92. The van der Waals surface area contributed by atoms with E-state index in [9.17, 15) is 8.42 Å². The van der Waals surface area contributed by atoms with Crippen molar-refractivity contribution in [2.24, 2.45) is 0 Å². The molecule has 21 heavy (non-hydrogen) atoms. The number of fused-ring (bicyclic) bond motifs is 1. The molecular weight excluding hydrogens is 288 g/mol. The van der Waals surface area contributed by atoms with E-state index >= 15 is 0 Å². The van der Waals surface area contributed by atoms with Crippen LogP contribution in [0.4, 0.5) is 5.69 Å². The number of aryl methyl sites for hydroxylation is 1. The van der Waals surface area contributed by atoms with Crippen molar-refractivity contribution in [3.05, 3.63) is 54.5 Å². The number of aromatic nitrogens is 3. The first kappa shape index (κ1) is 13.6. The highest BCUT2D eigenvalue weighted by Crippen LogP contribution is 2.17. The molecule has 0 aliphatic rings. The minimum Gasteiger partial charge on any atom is -0.288 e. The van der Waals surface area contributed by atoms with E-state index in [4.69, 9.17) is 0 Å². The molecule has 1 aromatic carbocycles. The summed E-state index contributed by atoms with van der Waals surface area (Å²) < 4.78 is 28.8. The van der Waals surface area contributed by atoms with Crippen molar-refractivity contribution in [3.63, 3.8) is 0 Å². The molecule has 0 saturated heterocycles. The Morgan fingerprint density at radius 2 is 1.90 bits per heavy atom. The predicted octanol–water partition coefficient (Wildman–Crippen LogP) is 2.09. The number of benzene rings is 1. The molecule has 0 bridgehead atoms. The van der Waals surface area contributed by atoms with Crippen LogP contribution in [-0.2, 0) is 16.4 Å². The summed E-state index contributed by atoms with van der Waals surface area (Å²) in [5, 5.41) is 7.57. The maximum atomic E-state index is 12.4. The van der Waals surface area contributed by atoms with Gasteiger partial charge in [-0.25, -0.2) is 8.42 Å². The summed E-state index contributed by atoms with van der Waals surface area (Å²) in [5.41, 5.74) is 2.29. The van der Waals surface area contributed by atoms with Crippen LogP contribution in [0, 0.1) is 0 Å². The lowest BCUT2D eigenvalue weighted by molar-refractivity contribution is 0.600. The van der Waals surface area contributed by atoms with Gasteiger partial charge in [-0.05, 0) is 36.2 Å². The lowest BCUT2D eigenvalue weighted by Gasteiger charge is -2.08. The number of hydrogen-bond donors (Lipinski definition) is 1. The third-order valence-corrected chi connectivity index (χ3v) is 4.55. The first-order valence-corrected chi connectivity index (χ1v) is 7.98. The summed E-state index contributed by atoms with van der Waals surface area (Å²) in [5.74, 6) is 0. The second-order valence-corrected chi connectivity index (χ2v) is 6.30. The van der Waals surface area contributed by atoms with Gasteiger partial charge in [-0.1, -0.05) is 19.1 Å². The number of nitrogens with one attached hydrogen (secondary N) is 1. The van der Waals surface area contributed by atoms with E-state index in [0.29, 0.717) is 11.3 Å². The van der Waals surface area contributed by atoms with Crippen LogP contribution in [0.25, 0.3) is 5.65 Å². The SMILES string of the molecule is CCc1ccc(NS(=O)(=O)c2ccc3nncn3c2)cc1. The van der Waals surface area contributed by atoms with E-state index in [0.717, 1.165) is 12.0 Å². The number of pyridine rings is 1. The monoisotopic (exact) mass is 302 g/mol. The van der Waals surface area contributed by atoms with Gasteiger partial charge in [0.05, 0.1) is 0 Å². The number of anilines is 1. The number of nitrogens with zero attached hydrogens (tertiary/aromatic N) is 3. The fourth-order valence-corrected chi connectivity index (χ4v) is 3.05. The van der Waals surface area contributed by atoms with Gasteiger partial charge in [0.1, 0.15) is 11.2 Å². The fraction of sp³-hybridized carbons (Fsp3) is 0.143. The Bertz CT molecular complexity index is 869. The Balaban J connectivity index is 1.91. The zero-order valence-electron chi connectivity index (χ0n) is 11.4. The van der Waals surface area contributed by atoms with Gasteiger partial charge in [0.2, 0.25) is 0 Å². The third kappa shape index (κ3) is 2.73. The van der Waals surface area contributed by atoms with Crippen LogP contribution in [0.2, 0.25) is 0 Å². The molecule has 108 valence electrons. The van der Waals surface area contributed by atoms with E-state index in [1.54, 1.807) is 22.6 Å². The van der Waals surface area contributed by atoms with E-state index < -0.39 is 10.0 Å². The Hall–Kier alpha value is -2.41. The van der Waals surface area contributed by atoms with E-state index in [-0.39, 0.29) is 4.90 Å². The van der Waals surface area contributed by atoms with Crippen LogP contribution in [0.15, 0.2) is 53.8 Å². The van der Waals surface area contributed by atoms with E-state index in [1.165, 1.54) is 18.6 Å². The molecule has 0 amide bonds. The summed E-state index contributed by atoms with van der Waals surface area (Å²) in [4.78, 5) is 0.161. The smallest absolute Gasteiger partial charge is 0.263 e. The van der Waals surface area contributed by atoms with Crippen LogP contribution in [0.3, 0.4) is 0 Å². The Morgan fingerprint density at radius 3 is 2.62 bits per heavy atom. The lowest BCUT2D eigenvalue weighted by atomic mass is 10.2. The van der Waals surface area contributed by atoms with Gasteiger partial charge >= 0.3 is 0 Å². The van der Waals surface area contributed by atoms with Gasteiger partial charge in [0.15, 0.2) is 5.65 Å². The molecule has 6 nitrogen and oxygen atoms in total. The molecule has 0 spiro atoms. The minimum absolute atomic E-state index is 0.161. The van der Waals surface area contributed by atoms with Gasteiger partial charge in [0, 0.05) is 11.9 Å². The van der Waals surface area contributed by atoms with Crippen LogP contribution in [-0.4, -0.2) is 23.0 Å². The van der Waals surface area contributed by atoms with Crippen molar-refractivity contribution in [3.8, 4) is 0 Å². The lowest BCUT2D eigenvalue weighted by Crippen LogP contribution is -2.13. The molecule has 0 radical (unpaired) electrons. The van der Waals surface area contributed by atoms with Gasteiger partial charge in [-0.15, -0.1) is 10.2 Å². The Labute approximate surface area is 122 Å². The first-order valence-electron chi connectivity index (χ1n) is 6.49. The first-order chi connectivity index (χ1) is 10.1. The van der Waals surface area contributed by atoms with Gasteiger partial charge in [-0.3, -0.25) is 9.12 Å². The summed E-state index contributed by atoms with van der Waals surface area (Å²) >= 11 is 0. The maximum Gasteiger partial charge on any atom is 0.263 e. The zero-order chi connectivity index (χ0) is 14.9. The van der Waals surface area contributed by atoms with Crippen molar-refractivity contribution >= 4 is 21.4 Å². The van der Waals surface area contributed by atoms with Crippen LogP contribution >= 0.6 is 0 Å². The van der Waals surface area contributed by atoms with Gasteiger partial charge in [0.25, 0.3) is 10.0 Å². The minimum atomic E-state index is -3.63. The van der Waals surface area contributed by atoms with Crippen LogP contribution in [0.1, 0.15) is 12.5 Å². The molecule has 0 aliphatic carbocycles. The predicted molar refractivity (Wildman–Crippen MR) is 79.6 cm³/mol. The molecule has 7 heteroatoms. The quantitative estimate of drug-likeness (QED) is 0.800. The molecular formula is C14H14N4O2S. The highest BCUT2D eigenvalue weighted by atomic mass is 32.2. The molecule has 0 fully saturated rings. The molecule has 0 atom stereocenters. The molecule has 3 rings (SSSR count). The van der Waals surface area contributed by atoms with Crippen molar-refractivity contribution in [1.82, 2.24) is 14.6 Å². The Morgan fingerprint density at radius 1 is 1.14 bits per heavy atom. The summed E-state index contributed by atoms with van der Waals surface area (Å²) in [6.07, 6.45) is 3.86.